The number of nitrogens with one attached hydrogen (secondary N) is 1. The fourth-order valence-corrected chi connectivity index (χ4v) is 1.77. The number of halogens is 1. The molecule has 84 valence electrons. The first kappa shape index (κ1) is 12.4. The molecule has 0 unspecified atom stereocenters. The molecule has 0 radical (unpaired) electrons. The molecule has 4 heteroatoms. The summed E-state index contributed by atoms with van der Waals surface area (Å²) >= 11 is 6.01. The van der Waals surface area contributed by atoms with Gasteiger partial charge in [0, 0.05) is 30.5 Å². The average Bonchev–Trinajstić information content (AvgIpc) is 2.17. The third-order valence-electron chi connectivity index (χ3n) is 2.12. The van der Waals surface area contributed by atoms with Crippen LogP contribution in [0, 0.1) is 0 Å². The highest BCUT2D eigenvalue weighted by molar-refractivity contribution is 6.30. The van der Waals surface area contributed by atoms with Gasteiger partial charge in [0.1, 0.15) is 5.15 Å². The normalized spacial score (nSPS) is 13.1. The van der Waals surface area contributed by atoms with Gasteiger partial charge >= 0.3 is 0 Å². The number of hydrogen-bond acceptors (Lipinski definition) is 3. The quantitative estimate of drug-likeness (QED) is 0.760. The molecule has 1 aromatic rings. The van der Waals surface area contributed by atoms with Crippen LogP contribution in [-0.4, -0.2) is 22.7 Å². The maximum atomic E-state index is 9.00. The minimum absolute atomic E-state index is 0.0659. The van der Waals surface area contributed by atoms with Crippen molar-refractivity contribution in [3.63, 3.8) is 0 Å². The minimum atomic E-state index is 0.0659. The highest BCUT2D eigenvalue weighted by atomic mass is 35.5. The van der Waals surface area contributed by atoms with Crippen LogP contribution in [0.1, 0.15) is 31.9 Å². The van der Waals surface area contributed by atoms with Crippen LogP contribution in [0.4, 0.5) is 0 Å². The summed E-state index contributed by atoms with van der Waals surface area (Å²) < 4.78 is 0. The van der Waals surface area contributed by atoms with Crippen LogP contribution in [0.15, 0.2) is 18.3 Å². The Kier molecular flexibility index (Phi) is 5.02. The van der Waals surface area contributed by atoms with Crippen molar-refractivity contribution in [2.75, 3.05) is 6.61 Å². The van der Waals surface area contributed by atoms with Crippen LogP contribution in [0.3, 0.4) is 0 Å². The molecule has 0 amide bonds. The van der Waals surface area contributed by atoms with E-state index < -0.39 is 0 Å². The van der Waals surface area contributed by atoms with E-state index in [1.165, 1.54) is 0 Å². The van der Waals surface area contributed by atoms with Crippen molar-refractivity contribution < 1.29 is 5.11 Å². The maximum absolute atomic E-state index is 9.00. The number of hydrogen-bond donors (Lipinski definition) is 2. The van der Waals surface area contributed by atoms with Gasteiger partial charge < -0.3 is 10.4 Å². The van der Waals surface area contributed by atoms with Crippen LogP contribution >= 0.6 is 11.6 Å². The zero-order valence-corrected chi connectivity index (χ0v) is 9.83. The zero-order valence-electron chi connectivity index (χ0n) is 9.07. The lowest BCUT2D eigenvalue weighted by Crippen LogP contribution is -2.29. The molecule has 2 N–H and O–H groups in total. The molecule has 0 saturated heterocycles. The second-order valence-electron chi connectivity index (χ2n) is 3.77. The van der Waals surface area contributed by atoms with E-state index in [-0.39, 0.29) is 12.6 Å². The van der Waals surface area contributed by atoms with Crippen molar-refractivity contribution in [1.29, 1.82) is 0 Å². The molecule has 0 fully saturated rings. The largest absolute Gasteiger partial charge is 0.396 e. The first-order valence-electron chi connectivity index (χ1n) is 5.12. The standard InChI is InChI=1S/C11H17ClN2O/c1-8(2)14-10(5-7-15)9-4-3-6-13-11(9)12/h3-4,6,8,10,14-15H,5,7H2,1-2H3/t10-/m0/s1. The van der Waals surface area contributed by atoms with Gasteiger partial charge in [0.2, 0.25) is 0 Å². The molecule has 0 bridgehead atoms. The summed E-state index contributed by atoms with van der Waals surface area (Å²) in [4.78, 5) is 4.03. The van der Waals surface area contributed by atoms with E-state index in [1.54, 1.807) is 6.20 Å². The fraction of sp³-hybridized carbons (Fsp3) is 0.545. The Bertz CT molecular complexity index is 304. The summed E-state index contributed by atoms with van der Waals surface area (Å²) in [5.74, 6) is 0. The lowest BCUT2D eigenvalue weighted by molar-refractivity contribution is 0.261. The second-order valence-corrected chi connectivity index (χ2v) is 4.13. The first-order chi connectivity index (χ1) is 7.15. The van der Waals surface area contributed by atoms with Gasteiger partial charge in [-0.25, -0.2) is 4.98 Å². The molecule has 1 rings (SSSR count). The fourth-order valence-electron chi connectivity index (χ4n) is 1.52. The highest BCUT2D eigenvalue weighted by Crippen LogP contribution is 2.23. The summed E-state index contributed by atoms with van der Waals surface area (Å²) in [6.07, 6.45) is 2.31. The van der Waals surface area contributed by atoms with Gasteiger partial charge in [-0.15, -0.1) is 0 Å². The first-order valence-corrected chi connectivity index (χ1v) is 5.50. The lowest BCUT2D eigenvalue weighted by atomic mass is 10.1. The summed E-state index contributed by atoms with van der Waals surface area (Å²) in [6, 6.07) is 4.20. The third kappa shape index (κ3) is 3.78. The average molecular weight is 229 g/mol. The van der Waals surface area contributed by atoms with Crippen molar-refractivity contribution in [3.8, 4) is 0 Å². The number of aliphatic hydroxyl groups excluding tert-OH is 1. The Labute approximate surface area is 95.5 Å². The molecule has 0 aliphatic rings. The van der Waals surface area contributed by atoms with E-state index >= 15 is 0 Å². The molecule has 0 aliphatic heterocycles. The minimum Gasteiger partial charge on any atom is -0.396 e. The van der Waals surface area contributed by atoms with E-state index in [4.69, 9.17) is 16.7 Å². The Balaban J connectivity index is 2.83. The van der Waals surface area contributed by atoms with Crippen LogP contribution in [-0.2, 0) is 0 Å². The molecular weight excluding hydrogens is 212 g/mol. The predicted molar refractivity (Wildman–Crippen MR) is 62.0 cm³/mol. The predicted octanol–water partition coefficient (Wildman–Crippen LogP) is 2.16. The Morgan fingerprint density at radius 2 is 2.27 bits per heavy atom. The number of pyridine rings is 1. The highest BCUT2D eigenvalue weighted by Gasteiger charge is 2.15. The molecule has 1 aromatic heterocycles. The second kappa shape index (κ2) is 6.05. The summed E-state index contributed by atoms with van der Waals surface area (Å²) in [7, 11) is 0. The molecule has 1 atom stereocenters. The molecule has 0 aromatic carbocycles. The van der Waals surface area contributed by atoms with Crippen molar-refractivity contribution >= 4 is 11.6 Å². The summed E-state index contributed by atoms with van der Waals surface area (Å²) in [6.45, 7) is 4.26. The SMILES string of the molecule is CC(C)N[C@@H](CCO)c1cccnc1Cl. The van der Waals surface area contributed by atoms with Gasteiger partial charge in [0.15, 0.2) is 0 Å². The van der Waals surface area contributed by atoms with Crippen molar-refractivity contribution in [2.45, 2.75) is 32.4 Å². The smallest absolute Gasteiger partial charge is 0.133 e. The van der Waals surface area contributed by atoms with Crippen molar-refractivity contribution in [1.82, 2.24) is 10.3 Å². The van der Waals surface area contributed by atoms with E-state index in [2.05, 4.69) is 24.1 Å². The summed E-state index contributed by atoms with van der Waals surface area (Å²) in [5, 5.41) is 12.9. The number of rotatable bonds is 5. The number of aliphatic hydroxyl groups is 1. The molecule has 1 heterocycles. The van der Waals surface area contributed by atoms with E-state index in [1.807, 2.05) is 12.1 Å². The number of nitrogens with zero attached hydrogens (tertiary/aromatic N) is 1. The lowest BCUT2D eigenvalue weighted by Gasteiger charge is -2.21. The summed E-state index contributed by atoms with van der Waals surface area (Å²) in [5.41, 5.74) is 0.946. The molecule has 0 saturated carbocycles. The van der Waals surface area contributed by atoms with Gasteiger partial charge in [-0.1, -0.05) is 31.5 Å². The monoisotopic (exact) mass is 228 g/mol. The van der Waals surface area contributed by atoms with Gasteiger partial charge in [-0.2, -0.15) is 0 Å². The Hall–Kier alpha value is -0.640. The van der Waals surface area contributed by atoms with Gasteiger partial charge in [-0.05, 0) is 12.5 Å². The van der Waals surface area contributed by atoms with E-state index in [9.17, 15) is 0 Å². The maximum Gasteiger partial charge on any atom is 0.133 e. The molecular formula is C11H17ClN2O. The Morgan fingerprint density at radius 1 is 1.53 bits per heavy atom. The molecule has 0 spiro atoms. The van der Waals surface area contributed by atoms with E-state index in [0.717, 1.165) is 5.56 Å². The molecule has 0 aliphatic carbocycles. The zero-order chi connectivity index (χ0) is 11.3. The van der Waals surface area contributed by atoms with Crippen molar-refractivity contribution in [2.24, 2.45) is 0 Å². The number of aromatic nitrogens is 1. The van der Waals surface area contributed by atoms with Gasteiger partial charge in [0.05, 0.1) is 0 Å². The van der Waals surface area contributed by atoms with Gasteiger partial charge in [-0.3, -0.25) is 0 Å². The van der Waals surface area contributed by atoms with E-state index in [0.29, 0.717) is 17.6 Å². The molecule has 15 heavy (non-hydrogen) atoms. The van der Waals surface area contributed by atoms with Crippen LogP contribution < -0.4 is 5.32 Å². The van der Waals surface area contributed by atoms with Gasteiger partial charge in [0.25, 0.3) is 0 Å². The third-order valence-corrected chi connectivity index (χ3v) is 2.43. The van der Waals surface area contributed by atoms with Crippen LogP contribution in [0.25, 0.3) is 0 Å². The van der Waals surface area contributed by atoms with Crippen LogP contribution in [0.2, 0.25) is 5.15 Å². The Morgan fingerprint density at radius 3 is 2.80 bits per heavy atom. The van der Waals surface area contributed by atoms with Crippen LogP contribution in [0.5, 0.6) is 0 Å². The topological polar surface area (TPSA) is 45.1 Å². The van der Waals surface area contributed by atoms with Crippen molar-refractivity contribution in [3.05, 3.63) is 29.0 Å². The molecule has 3 nitrogen and oxygen atoms in total.